The molecule has 32 heavy (non-hydrogen) atoms. The molecule has 160 valence electrons. The maximum absolute atomic E-state index is 13.2. The summed E-state index contributed by atoms with van der Waals surface area (Å²) in [5, 5.41) is 16.9. The van der Waals surface area contributed by atoms with Crippen LogP contribution in [0.5, 0.6) is 0 Å². The summed E-state index contributed by atoms with van der Waals surface area (Å²) in [6.45, 7) is 3.87. The van der Waals surface area contributed by atoms with Crippen molar-refractivity contribution in [3.05, 3.63) is 101 Å². The molecule has 0 spiro atoms. The molecule has 0 fully saturated rings. The molecule has 4 rings (SSSR count). The molecule has 1 heterocycles. The van der Waals surface area contributed by atoms with Crippen molar-refractivity contribution in [3.63, 3.8) is 0 Å². The Labute approximate surface area is 185 Å². The molecule has 0 aliphatic carbocycles. The van der Waals surface area contributed by atoms with Crippen molar-refractivity contribution in [3.8, 4) is 5.69 Å². The van der Waals surface area contributed by atoms with Gasteiger partial charge in [-0.3, -0.25) is 9.59 Å². The summed E-state index contributed by atoms with van der Waals surface area (Å²) >= 11 is 0. The minimum Gasteiger partial charge on any atom is -0.336 e. The van der Waals surface area contributed by atoms with Gasteiger partial charge in [0.05, 0.1) is 5.69 Å². The van der Waals surface area contributed by atoms with Crippen LogP contribution in [-0.2, 0) is 4.79 Å². The van der Waals surface area contributed by atoms with Crippen molar-refractivity contribution in [2.45, 2.75) is 19.9 Å². The number of carbonyl (C=O) groups is 2. The number of anilines is 1. The second-order valence-electron chi connectivity index (χ2n) is 7.37. The van der Waals surface area contributed by atoms with E-state index in [0.717, 1.165) is 22.5 Å². The number of carbonyl (C=O) groups excluding carboxylic acids is 2. The third-order valence-electron chi connectivity index (χ3n) is 5.14. The molecule has 0 saturated carbocycles. The van der Waals surface area contributed by atoms with Gasteiger partial charge in [0.25, 0.3) is 11.8 Å². The van der Waals surface area contributed by atoms with E-state index in [4.69, 9.17) is 0 Å². The highest BCUT2D eigenvalue weighted by Crippen LogP contribution is 2.22. The third kappa shape index (κ3) is 4.54. The minimum atomic E-state index is -0.859. The lowest BCUT2D eigenvalue weighted by atomic mass is 10.0. The second-order valence-corrected chi connectivity index (χ2v) is 7.37. The molecule has 0 saturated heterocycles. The van der Waals surface area contributed by atoms with Gasteiger partial charge in [-0.25, -0.2) is 4.68 Å². The molecular weight excluding hydrogens is 404 g/mol. The Bertz CT molecular complexity index is 1200. The van der Waals surface area contributed by atoms with E-state index in [2.05, 4.69) is 26.2 Å². The number of aryl methyl sites for hydroxylation is 2. The summed E-state index contributed by atoms with van der Waals surface area (Å²) in [5.74, 6) is -0.675. The van der Waals surface area contributed by atoms with Crippen LogP contribution in [0, 0.1) is 13.8 Å². The Hall–Kier alpha value is -4.33. The minimum absolute atomic E-state index is 0.313. The van der Waals surface area contributed by atoms with Crippen LogP contribution >= 0.6 is 0 Å². The van der Waals surface area contributed by atoms with Gasteiger partial charge >= 0.3 is 0 Å². The predicted molar refractivity (Wildman–Crippen MR) is 120 cm³/mol. The molecule has 0 aliphatic rings. The number of nitrogens with zero attached hydrogens (tertiary/aromatic N) is 4. The lowest BCUT2D eigenvalue weighted by Crippen LogP contribution is -2.37. The average Bonchev–Trinajstić information content (AvgIpc) is 3.35. The molecule has 2 N–H and O–H groups in total. The van der Waals surface area contributed by atoms with E-state index in [-0.39, 0.29) is 11.8 Å². The van der Waals surface area contributed by atoms with E-state index in [1.54, 1.807) is 24.3 Å². The van der Waals surface area contributed by atoms with Crippen LogP contribution in [0.2, 0.25) is 0 Å². The molecule has 0 unspecified atom stereocenters. The molecule has 4 aromatic rings. The van der Waals surface area contributed by atoms with Crippen LogP contribution in [-0.4, -0.2) is 32.0 Å². The molecular formula is C24H22N6O2. The maximum atomic E-state index is 13.2. The zero-order chi connectivity index (χ0) is 22.5. The average molecular weight is 426 g/mol. The van der Waals surface area contributed by atoms with Crippen LogP contribution in [0.4, 0.5) is 5.69 Å². The lowest BCUT2D eigenvalue weighted by molar-refractivity contribution is -0.118. The van der Waals surface area contributed by atoms with Crippen molar-refractivity contribution < 1.29 is 9.59 Å². The molecule has 8 heteroatoms. The number of benzene rings is 3. The largest absolute Gasteiger partial charge is 0.336 e. The number of aromatic nitrogens is 4. The van der Waals surface area contributed by atoms with Crippen LogP contribution < -0.4 is 10.6 Å². The number of hydrogen-bond donors (Lipinski definition) is 2. The van der Waals surface area contributed by atoms with Gasteiger partial charge in [-0.05, 0) is 65.2 Å². The van der Waals surface area contributed by atoms with Crippen molar-refractivity contribution in [2.75, 3.05) is 5.32 Å². The third-order valence-corrected chi connectivity index (χ3v) is 5.14. The fourth-order valence-electron chi connectivity index (χ4n) is 3.41. The zero-order valence-electron chi connectivity index (χ0n) is 17.7. The number of tetrazole rings is 1. The van der Waals surface area contributed by atoms with Gasteiger partial charge in [-0.1, -0.05) is 48.5 Å². The molecule has 0 aliphatic heterocycles. The first-order valence-electron chi connectivity index (χ1n) is 10.1. The summed E-state index contributed by atoms with van der Waals surface area (Å²) in [4.78, 5) is 26.2. The second kappa shape index (κ2) is 9.22. The van der Waals surface area contributed by atoms with Gasteiger partial charge in [0.1, 0.15) is 12.4 Å². The van der Waals surface area contributed by atoms with Crippen LogP contribution in [0.3, 0.4) is 0 Å². The Morgan fingerprint density at radius 3 is 2.19 bits per heavy atom. The van der Waals surface area contributed by atoms with Crippen molar-refractivity contribution in [1.82, 2.24) is 25.5 Å². The smallest absolute Gasteiger partial charge is 0.252 e. The highest BCUT2D eigenvalue weighted by Gasteiger charge is 2.24. The molecule has 1 atom stereocenters. The first kappa shape index (κ1) is 20.9. The van der Waals surface area contributed by atoms with Gasteiger partial charge in [-0.2, -0.15) is 0 Å². The quantitative estimate of drug-likeness (QED) is 0.492. The Balaban J connectivity index is 1.57. The first-order chi connectivity index (χ1) is 15.5. The van der Waals surface area contributed by atoms with E-state index in [0.29, 0.717) is 11.1 Å². The molecule has 1 aromatic heterocycles. The van der Waals surface area contributed by atoms with Crippen molar-refractivity contribution >= 4 is 17.5 Å². The molecule has 8 nitrogen and oxygen atoms in total. The summed E-state index contributed by atoms with van der Waals surface area (Å²) < 4.78 is 1.49. The highest BCUT2D eigenvalue weighted by atomic mass is 16.2. The Morgan fingerprint density at radius 1 is 0.875 bits per heavy atom. The fraction of sp³-hybridized carbons (Fsp3) is 0.125. The molecule has 0 bridgehead atoms. The van der Waals surface area contributed by atoms with E-state index >= 15 is 0 Å². The number of hydrogen-bond acceptors (Lipinski definition) is 5. The SMILES string of the molecule is Cc1cccc(C)c1NC(=O)[C@@H](NC(=O)c1ccc(-n2cnnn2)cc1)c1ccccc1. The number of nitrogens with one attached hydrogen (secondary N) is 2. The normalized spacial score (nSPS) is 11.6. The van der Waals surface area contributed by atoms with Gasteiger partial charge in [-0.15, -0.1) is 5.10 Å². The highest BCUT2D eigenvalue weighted by molar-refractivity contribution is 6.02. The topological polar surface area (TPSA) is 102 Å². The van der Waals surface area contributed by atoms with E-state index in [1.165, 1.54) is 11.0 Å². The van der Waals surface area contributed by atoms with Gasteiger partial charge < -0.3 is 10.6 Å². The van der Waals surface area contributed by atoms with Crippen molar-refractivity contribution in [2.24, 2.45) is 0 Å². The summed E-state index contributed by atoms with van der Waals surface area (Å²) in [6, 6.07) is 20.9. The summed E-state index contributed by atoms with van der Waals surface area (Å²) in [6.07, 6.45) is 1.47. The predicted octanol–water partition coefficient (Wildman–Crippen LogP) is 3.39. The van der Waals surface area contributed by atoms with Crippen LogP contribution in [0.1, 0.15) is 33.1 Å². The van der Waals surface area contributed by atoms with E-state index in [1.807, 2.05) is 62.4 Å². The standard InChI is InChI=1S/C24H22N6O2/c1-16-7-6-8-17(2)21(16)26-24(32)22(18-9-4-3-5-10-18)27-23(31)19-11-13-20(14-12-19)30-15-25-28-29-30/h3-15,22H,1-2H3,(H,26,32)(H,27,31)/t22-/m0/s1. The molecule has 2 amide bonds. The van der Waals surface area contributed by atoms with Gasteiger partial charge in [0.2, 0.25) is 0 Å². The fourth-order valence-corrected chi connectivity index (χ4v) is 3.41. The molecule has 0 radical (unpaired) electrons. The lowest BCUT2D eigenvalue weighted by Gasteiger charge is -2.20. The number of amides is 2. The number of rotatable bonds is 6. The van der Waals surface area contributed by atoms with Gasteiger partial charge in [0.15, 0.2) is 0 Å². The number of para-hydroxylation sites is 1. The van der Waals surface area contributed by atoms with Crippen LogP contribution in [0.25, 0.3) is 5.69 Å². The van der Waals surface area contributed by atoms with Gasteiger partial charge in [0, 0.05) is 11.3 Å². The summed E-state index contributed by atoms with van der Waals surface area (Å²) in [5.41, 5.74) is 4.49. The molecule has 3 aromatic carbocycles. The monoisotopic (exact) mass is 426 g/mol. The van der Waals surface area contributed by atoms with Crippen LogP contribution in [0.15, 0.2) is 79.1 Å². The Kier molecular flexibility index (Phi) is 6.03. The van der Waals surface area contributed by atoms with Crippen molar-refractivity contribution in [1.29, 1.82) is 0 Å². The zero-order valence-corrected chi connectivity index (χ0v) is 17.7. The first-order valence-corrected chi connectivity index (χ1v) is 10.1. The maximum Gasteiger partial charge on any atom is 0.252 e. The Morgan fingerprint density at radius 2 is 1.56 bits per heavy atom. The summed E-state index contributed by atoms with van der Waals surface area (Å²) in [7, 11) is 0. The van der Waals surface area contributed by atoms with E-state index in [9.17, 15) is 9.59 Å². The van der Waals surface area contributed by atoms with E-state index < -0.39 is 6.04 Å².